The maximum atomic E-state index is 4.47. The highest BCUT2D eigenvalue weighted by molar-refractivity contribution is 7.25. The van der Waals surface area contributed by atoms with Crippen LogP contribution in [0.1, 0.15) is 49.4 Å². The summed E-state index contributed by atoms with van der Waals surface area (Å²) in [6.45, 7) is 15.7. The van der Waals surface area contributed by atoms with Gasteiger partial charge in [-0.3, -0.25) is 0 Å². The lowest BCUT2D eigenvalue weighted by atomic mass is 9.60. The SMILES string of the molecule is C=C/C(=C\C=C(/C)c1ccc2sc3ccccc3c2c1)N(C(/C=C\C(=C)c1ccccc1)=C/C)C1(C)C=CC2=C(C1)C(c1cc#ccc1)(c1ccccc1)C1C=CC=CC21. The lowest BCUT2D eigenvalue weighted by Crippen LogP contribution is -2.47. The van der Waals surface area contributed by atoms with Crippen molar-refractivity contribution in [3.63, 3.8) is 0 Å². The summed E-state index contributed by atoms with van der Waals surface area (Å²) in [5.41, 5.74) is 11.0. The third-order valence-corrected chi connectivity index (χ3v) is 13.9. The fourth-order valence-corrected chi connectivity index (χ4v) is 11.0. The fourth-order valence-electron chi connectivity index (χ4n) is 9.92. The summed E-state index contributed by atoms with van der Waals surface area (Å²) < 4.78 is 2.63. The van der Waals surface area contributed by atoms with E-state index in [1.54, 1.807) is 0 Å². The number of fused-ring (bicyclic) bond motifs is 5. The zero-order valence-electron chi connectivity index (χ0n) is 34.6. The van der Waals surface area contributed by atoms with Gasteiger partial charge in [-0.05, 0) is 126 Å². The highest BCUT2D eigenvalue weighted by Crippen LogP contribution is 2.62. The highest BCUT2D eigenvalue weighted by atomic mass is 32.1. The van der Waals surface area contributed by atoms with E-state index in [9.17, 15) is 0 Å². The van der Waals surface area contributed by atoms with Crippen LogP contribution in [-0.4, -0.2) is 10.4 Å². The van der Waals surface area contributed by atoms with E-state index < -0.39 is 11.0 Å². The molecule has 0 radical (unpaired) electrons. The number of hydrogen-bond donors (Lipinski definition) is 0. The van der Waals surface area contributed by atoms with Crippen LogP contribution in [0.25, 0.3) is 31.3 Å². The van der Waals surface area contributed by atoms with Gasteiger partial charge in [-0.1, -0.05) is 165 Å². The second kappa shape index (κ2) is 16.2. The quantitative estimate of drug-likeness (QED) is 0.118. The summed E-state index contributed by atoms with van der Waals surface area (Å²) in [6.07, 6.45) is 28.0. The third-order valence-electron chi connectivity index (χ3n) is 12.8. The molecule has 0 fully saturated rings. The van der Waals surface area contributed by atoms with Crippen LogP contribution < -0.4 is 0 Å². The summed E-state index contributed by atoms with van der Waals surface area (Å²) in [5.74, 6) is 0.454. The minimum Gasteiger partial charge on any atom is -0.332 e. The highest BCUT2D eigenvalue weighted by Gasteiger charge is 2.56. The molecular weight excluding hydrogens is 743 g/mol. The zero-order valence-corrected chi connectivity index (χ0v) is 35.4. The molecule has 60 heavy (non-hydrogen) atoms. The molecule has 0 N–H and O–H groups in total. The number of thiophene rings is 1. The smallest absolute Gasteiger partial charge is 0.0646 e. The number of hydrogen-bond acceptors (Lipinski definition) is 2. The van der Waals surface area contributed by atoms with Crippen LogP contribution >= 0.6 is 11.3 Å². The van der Waals surface area contributed by atoms with Crippen molar-refractivity contribution in [3.8, 4) is 0 Å². The van der Waals surface area contributed by atoms with E-state index in [-0.39, 0.29) is 11.8 Å². The van der Waals surface area contributed by atoms with E-state index in [2.05, 4.69) is 227 Å². The topological polar surface area (TPSA) is 3.24 Å². The molecule has 3 aliphatic carbocycles. The van der Waals surface area contributed by atoms with Gasteiger partial charge in [0.15, 0.2) is 0 Å². The van der Waals surface area contributed by atoms with Gasteiger partial charge >= 0.3 is 0 Å². The monoisotopic (exact) mass is 791 g/mol. The Morgan fingerprint density at radius 1 is 0.783 bits per heavy atom. The van der Waals surface area contributed by atoms with E-state index in [0.29, 0.717) is 0 Å². The standard InChI is InChI=1S/C58H49NS/c1-6-47(34-31-41(3)43-21-11-8-12-22-43)59(48(7-2)35-32-42(4)44-33-36-56-52(39-44)51-28-18-20-30-55(51)60-56)57(5)38-37-50-49-27-17-19-29-53(49)58(54(50)40-57,45-23-13-9-14-24-45)46-25-15-10-16-26-46/h6-9,11-15,17-39,49,53H,2-3,40H2,1,4-5H3/b34-31-,42-32+,47-6+,48-35+. The van der Waals surface area contributed by atoms with Crippen LogP contribution in [0.3, 0.4) is 0 Å². The lowest BCUT2D eigenvalue weighted by molar-refractivity contribution is 0.248. The van der Waals surface area contributed by atoms with Gasteiger partial charge in [0.2, 0.25) is 0 Å². The molecule has 0 spiro atoms. The van der Waals surface area contributed by atoms with Gasteiger partial charge in [0.25, 0.3) is 0 Å². The molecule has 292 valence electrons. The fraction of sp³-hybridized carbons (Fsp3) is 0.138. The number of rotatable bonds is 11. The number of benzene rings is 4. The molecule has 4 atom stereocenters. The predicted molar refractivity (Wildman–Crippen MR) is 257 cm³/mol. The summed E-state index contributed by atoms with van der Waals surface area (Å²) in [4.78, 5) is 2.49. The van der Waals surface area contributed by atoms with Gasteiger partial charge < -0.3 is 4.90 Å². The average molecular weight is 792 g/mol. The Morgan fingerprint density at radius 2 is 1.53 bits per heavy atom. The summed E-state index contributed by atoms with van der Waals surface area (Å²) in [5, 5.41) is 2.61. The van der Waals surface area contributed by atoms with Crippen molar-refractivity contribution in [1.82, 2.24) is 4.90 Å². The van der Waals surface area contributed by atoms with Crippen molar-refractivity contribution in [2.45, 2.75) is 38.1 Å². The van der Waals surface area contributed by atoms with E-state index in [4.69, 9.17) is 0 Å². The van der Waals surface area contributed by atoms with Crippen LogP contribution in [0.5, 0.6) is 0 Å². The Bertz CT molecular complexity index is 2810. The largest absolute Gasteiger partial charge is 0.332 e. The van der Waals surface area contributed by atoms with Gasteiger partial charge in [-0.2, -0.15) is 0 Å². The van der Waals surface area contributed by atoms with Gasteiger partial charge in [-0.25, -0.2) is 0 Å². The minimum atomic E-state index is -0.485. The molecule has 0 saturated carbocycles. The van der Waals surface area contributed by atoms with Crippen LogP contribution in [0.2, 0.25) is 0 Å². The van der Waals surface area contributed by atoms with Gasteiger partial charge in [0.1, 0.15) is 0 Å². The Labute approximate surface area is 360 Å². The first-order valence-corrected chi connectivity index (χ1v) is 21.7. The molecule has 1 aromatic heterocycles. The molecular formula is C58H49NS. The molecule has 2 heteroatoms. The van der Waals surface area contributed by atoms with Crippen molar-refractivity contribution < 1.29 is 0 Å². The van der Waals surface area contributed by atoms with E-state index >= 15 is 0 Å². The average Bonchev–Trinajstić information content (AvgIpc) is 3.82. The van der Waals surface area contributed by atoms with Crippen LogP contribution in [0.4, 0.5) is 0 Å². The summed E-state index contributed by atoms with van der Waals surface area (Å²) >= 11 is 1.85. The van der Waals surface area contributed by atoms with E-state index in [0.717, 1.165) is 29.0 Å². The zero-order chi connectivity index (χ0) is 41.3. The second-order valence-electron chi connectivity index (χ2n) is 16.2. The summed E-state index contributed by atoms with van der Waals surface area (Å²) in [7, 11) is 0. The number of allylic oxidation sites excluding steroid dienone is 14. The van der Waals surface area contributed by atoms with Crippen LogP contribution in [0.15, 0.2) is 230 Å². The minimum absolute atomic E-state index is 0.208. The lowest BCUT2D eigenvalue weighted by Gasteiger charge is -2.47. The van der Waals surface area contributed by atoms with Crippen LogP contribution in [-0.2, 0) is 5.41 Å². The predicted octanol–water partition coefficient (Wildman–Crippen LogP) is 15.0. The first-order valence-electron chi connectivity index (χ1n) is 20.9. The summed E-state index contributed by atoms with van der Waals surface area (Å²) in [6, 6.07) is 50.1. The Hall–Kier alpha value is -6.66. The van der Waals surface area contributed by atoms with E-state index in [1.807, 2.05) is 29.5 Å². The van der Waals surface area contributed by atoms with Gasteiger partial charge in [0.05, 0.1) is 5.54 Å². The van der Waals surface area contributed by atoms with Gasteiger partial charge in [0, 0.05) is 48.8 Å². The molecule has 9 rings (SSSR count). The van der Waals surface area contributed by atoms with Crippen molar-refractivity contribution in [2.24, 2.45) is 11.8 Å². The molecule has 5 aromatic carbocycles. The first kappa shape index (κ1) is 38.8. The van der Waals surface area contributed by atoms with Crippen molar-refractivity contribution >= 4 is 42.7 Å². The Morgan fingerprint density at radius 3 is 2.30 bits per heavy atom. The molecule has 0 amide bonds. The molecule has 1 heterocycles. The van der Waals surface area contributed by atoms with E-state index in [1.165, 1.54) is 53.6 Å². The third kappa shape index (κ3) is 6.70. The Balaban J connectivity index is 1.18. The molecule has 0 aliphatic heterocycles. The maximum Gasteiger partial charge on any atom is 0.0646 e. The molecule has 3 aliphatic rings. The van der Waals surface area contributed by atoms with Crippen molar-refractivity contribution in [1.29, 1.82) is 0 Å². The molecule has 0 bridgehead atoms. The first-order chi connectivity index (χ1) is 29.4. The molecule has 6 aromatic rings. The van der Waals surface area contributed by atoms with Gasteiger partial charge in [-0.15, -0.1) is 11.3 Å². The maximum absolute atomic E-state index is 4.47. The van der Waals surface area contributed by atoms with Crippen molar-refractivity contribution in [3.05, 3.63) is 264 Å². The Kier molecular flexibility index (Phi) is 10.5. The molecule has 1 nitrogen and oxygen atoms in total. The normalized spacial score (nSPS) is 21.0. The second-order valence-corrected chi connectivity index (χ2v) is 17.3. The van der Waals surface area contributed by atoms with Crippen LogP contribution in [0, 0.1) is 24.0 Å². The molecule has 0 saturated heterocycles. The number of nitrogens with zero attached hydrogens (tertiary/aromatic N) is 1. The molecule has 4 unspecified atom stereocenters. The van der Waals surface area contributed by atoms with Crippen molar-refractivity contribution in [2.75, 3.05) is 0 Å².